The lowest BCUT2D eigenvalue weighted by Crippen LogP contribution is -1.94. The second-order valence-electron chi connectivity index (χ2n) is 4.18. The molecule has 7 heteroatoms. The molecule has 0 bridgehead atoms. The van der Waals surface area contributed by atoms with Crippen molar-refractivity contribution in [2.45, 2.75) is 6.92 Å². The number of hydrogen-bond donors (Lipinski definition) is 1. The fraction of sp³-hybridized carbons (Fsp3) is 0.0769. The van der Waals surface area contributed by atoms with Crippen molar-refractivity contribution in [2.75, 3.05) is 0 Å². The van der Waals surface area contributed by atoms with Crippen molar-refractivity contribution in [3.05, 3.63) is 45.7 Å². The zero-order chi connectivity index (χ0) is 14.3. The lowest BCUT2D eigenvalue weighted by Gasteiger charge is -2.08. The quantitative estimate of drug-likeness (QED) is 0.682. The third-order valence-electron chi connectivity index (χ3n) is 2.76. The van der Waals surface area contributed by atoms with Gasteiger partial charge >= 0.3 is 0 Å². The van der Waals surface area contributed by atoms with Crippen LogP contribution in [0, 0.1) is 12.7 Å². The second-order valence-corrected chi connectivity index (χ2v) is 5.33. The molecule has 0 atom stereocenters. The zero-order valence-corrected chi connectivity index (χ0v) is 12.6. The zero-order valence-electron chi connectivity index (χ0n) is 10.2. The van der Waals surface area contributed by atoms with Crippen LogP contribution in [0.4, 0.5) is 4.39 Å². The van der Waals surface area contributed by atoms with Gasteiger partial charge in [0.25, 0.3) is 0 Å². The van der Waals surface area contributed by atoms with E-state index in [1.165, 1.54) is 12.4 Å². The maximum atomic E-state index is 14.4. The number of ether oxygens (including phenoxy) is 1. The minimum Gasteiger partial charge on any atom is -0.435 e. The summed E-state index contributed by atoms with van der Waals surface area (Å²) in [5.74, 6) is -0.212. The van der Waals surface area contributed by atoms with Crippen molar-refractivity contribution in [3.63, 3.8) is 0 Å². The molecule has 1 N–H and O–H groups in total. The summed E-state index contributed by atoms with van der Waals surface area (Å²) in [5.41, 5.74) is 1.59. The van der Waals surface area contributed by atoms with Crippen molar-refractivity contribution in [1.29, 1.82) is 0 Å². The minimum atomic E-state index is -0.450. The lowest BCUT2D eigenvalue weighted by molar-refractivity contribution is 0.427. The van der Waals surface area contributed by atoms with E-state index in [9.17, 15) is 4.39 Å². The van der Waals surface area contributed by atoms with Gasteiger partial charge < -0.3 is 9.72 Å². The maximum absolute atomic E-state index is 14.4. The molecule has 102 valence electrons. The first kappa shape index (κ1) is 13.3. The summed E-state index contributed by atoms with van der Waals surface area (Å²) in [6, 6.07) is 5.01. The summed E-state index contributed by atoms with van der Waals surface area (Å²) in [6.07, 6.45) is 1.25. The number of halogens is 3. The Balaban J connectivity index is 2.06. The highest BCUT2D eigenvalue weighted by atomic mass is 79.9. The van der Waals surface area contributed by atoms with Crippen LogP contribution < -0.4 is 4.74 Å². The van der Waals surface area contributed by atoms with Crippen molar-refractivity contribution in [3.8, 4) is 11.6 Å². The fourth-order valence-corrected chi connectivity index (χ4v) is 2.29. The average Bonchev–Trinajstić information content (AvgIpc) is 2.80. The van der Waals surface area contributed by atoms with Crippen LogP contribution in [0.2, 0.25) is 5.15 Å². The molecule has 0 radical (unpaired) electrons. The van der Waals surface area contributed by atoms with Gasteiger partial charge in [0.2, 0.25) is 5.88 Å². The highest BCUT2D eigenvalue weighted by Crippen LogP contribution is 2.34. The molecule has 4 nitrogen and oxygen atoms in total. The second kappa shape index (κ2) is 5.03. The Morgan fingerprint density at radius 3 is 2.95 bits per heavy atom. The van der Waals surface area contributed by atoms with E-state index in [0.717, 1.165) is 5.69 Å². The molecule has 0 amide bonds. The van der Waals surface area contributed by atoms with Crippen LogP contribution in [0.5, 0.6) is 11.6 Å². The summed E-state index contributed by atoms with van der Waals surface area (Å²) in [4.78, 5) is 10.8. The number of hydrogen-bond acceptors (Lipinski definition) is 3. The van der Waals surface area contributed by atoms with E-state index in [4.69, 9.17) is 16.3 Å². The van der Waals surface area contributed by atoms with Gasteiger partial charge in [0.15, 0.2) is 16.7 Å². The van der Waals surface area contributed by atoms with Gasteiger partial charge in [-0.3, -0.25) is 0 Å². The smallest absolute Gasteiger partial charge is 0.238 e. The number of fused-ring (bicyclic) bond motifs is 1. The van der Waals surface area contributed by atoms with Crippen molar-refractivity contribution < 1.29 is 9.13 Å². The highest BCUT2D eigenvalue weighted by Gasteiger charge is 2.14. The largest absolute Gasteiger partial charge is 0.435 e. The molecule has 2 heterocycles. The molecule has 0 unspecified atom stereocenters. The van der Waals surface area contributed by atoms with Gasteiger partial charge in [-0.25, -0.2) is 14.4 Å². The predicted octanol–water partition coefficient (Wildman–Crippen LogP) is 4.61. The lowest BCUT2D eigenvalue weighted by atomic mass is 10.2. The maximum Gasteiger partial charge on any atom is 0.238 e. The van der Waals surface area contributed by atoms with E-state index in [-0.39, 0.29) is 16.8 Å². The van der Waals surface area contributed by atoms with Gasteiger partial charge in [0.05, 0.1) is 0 Å². The standard InChI is InChI=1S/C13H8BrClFN3O/c1-6-4-7-8(19-6)2-3-9(11(7)16)20-13-10(14)12(15)17-5-18-13/h2-5,19H,1H3. The van der Waals surface area contributed by atoms with Gasteiger partial charge in [-0.15, -0.1) is 0 Å². The summed E-state index contributed by atoms with van der Waals surface area (Å²) >= 11 is 9.05. The van der Waals surface area contributed by atoms with E-state index in [2.05, 4.69) is 30.9 Å². The molecular weight excluding hydrogens is 349 g/mol. The van der Waals surface area contributed by atoms with Crippen LogP contribution in [-0.2, 0) is 0 Å². The Kier molecular flexibility index (Phi) is 3.35. The number of aryl methyl sites for hydroxylation is 1. The fourth-order valence-electron chi connectivity index (χ4n) is 1.88. The molecule has 0 spiro atoms. The van der Waals surface area contributed by atoms with E-state index in [0.29, 0.717) is 15.4 Å². The molecule has 2 aromatic heterocycles. The van der Waals surface area contributed by atoms with Gasteiger partial charge in [-0.2, -0.15) is 0 Å². The molecule has 20 heavy (non-hydrogen) atoms. The van der Waals surface area contributed by atoms with Gasteiger partial charge in [0.1, 0.15) is 10.8 Å². The van der Waals surface area contributed by atoms with Crippen LogP contribution in [0.1, 0.15) is 5.69 Å². The Morgan fingerprint density at radius 2 is 2.15 bits per heavy atom. The number of H-pyrrole nitrogens is 1. The number of aromatic nitrogens is 3. The average molecular weight is 357 g/mol. The Bertz CT molecular complexity index is 806. The number of benzene rings is 1. The molecule has 0 saturated carbocycles. The monoisotopic (exact) mass is 355 g/mol. The summed E-state index contributed by atoms with van der Waals surface area (Å²) in [6.45, 7) is 1.86. The molecule has 3 rings (SSSR count). The van der Waals surface area contributed by atoms with Crippen LogP contribution in [-0.4, -0.2) is 15.0 Å². The first-order valence-electron chi connectivity index (χ1n) is 5.68. The molecule has 0 aliphatic rings. The molecule has 0 fully saturated rings. The van der Waals surface area contributed by atoms with Gasteiger partial charge in [-0.05, 0) is 41.1 Å². The van der Waals surface area contributed by atoms with E-state index >= 15 is 0 Å². The SMILES string of the molecule is Cc1cc2c(F)c(Oc3ncnc(Cl)c3Br)ccc2[nH]1. The Hall–Kier alpha value is -1.66. The minimum absolute atomic E-state index is 0.0759. The number of rotatable bonds is 2. The normalized spacial score (nSPS) is 11.0. The molecule has 0 aliphatic carbocycles. The summed E-state index contributed by atoms with van der Waals surface area (Å²) in [5, 5.41) is 0.672. The molecule has 0 aliphatic heterocycles. The van der Waals surface area contributed by atoms with Gasteiger partial charge in [0, 0.05) is 16.6 Å². The number of nitrogens with zero attached hydrogens (tertiary/aromatic N) is 2. The van der Waals surface area contributed by atoms with Crippen LogP contribution >= 0.6 is 27.5 Å². The first-order chi connectivity index (χ1) is 9.56. The molecule has 3 aromatic rings. The van der Waals surface area contributed by atoms with Crippen molar-refractivity contribution >= 4 is 38.4 Å². The van der Waals surface area contributed by atoms with Crippen LogP contribution in [0.25, 0.3) is 10.9 Å². The molecular formula is C13H8BrClFN3O. The molecule has 0 saturated heterocycles. The summed E-state index contributed by atoms with van der Waals surface area (Å²) in [7, 11) is 0. The Morgan fingerprint density at radius 1 is 1.35 bits per heavy atom. The predicted molar refractivity (Wildman–Crippen MR) is 77.8 cm³/mol. The highest BCUT2D eigenvalue weighted by molar-refractivity contribution is 9.10. The van der Waals surface area contributed by atoms with E-state index in [1.54, 1.807) is 12.1 Å². The Labute approximate surface area is 127 Å². The van der Waals surface area contributed by atoms with Crippen molar-refractivity contribution in [2.24, 2.45) is 0 Å². The number of nitrogens with one attached hydrogen (secondary N) is 1. The topological polar surface area (TPSA) is 50.8 Å². The first-order valence-corrected chi connectivity index (χ1v) is 6.85. The summed E-state index contributed by atoms with van der Waals surface area (Å²) < 4.78 is 20.2. The molecule has 1 aromatic carbocycles. The van der Waals surface area contributed by atoms with Crippen LogP contribution in [0.3, 0.4) is 0 Å². The van der Waals surface area contributed by atoms with E-state index in [1.807, 2.05) is 6.92 Å². The van der Waals surface area contributed by atoms with Gasteiger partial charge in [-0.1, -0.05) is 11.6 Å². The number of aromatic amines is 1. The van der Waals surface area contributed by atoms with Crippen LogP contribution in [0.15, 0.2) is 29.0 Å². The van der Waals surface area contributed by atoms with Crippen molar-refractivity contribution in [1.82, 2.24) is 15.0 Å². The third-order valence-corrected chi connectivity index (χ3v) is 3.99. The third kappa shape index (κ3) is 2.25. The van der Waals surface area contributed by atoms with E-state index < -0.39 is 5.82 Å².